The van der Waals surface area contributed by atoms with Crippen LogP contribution in [0.15, 0.2) is 57.0 Å². The molecule has 0 bridgehead atoms. The van der Waals surface area contributed by atoms with Crippen molar-refractivity contribution in [2.24, 2.45) is 0 Å². The maximum absolute atomic E-state index is 12.8. The fraction of sp³-hybridized carbons (Fsp3) is 0.333. The van der Waals surface area contributed by atoms with Crippen LogP contribution in [0.4, 0.5) is 0 Å². The van der Waals surface area contributed by atoms with E-state index in [0.29, 0.717) is 29.6 Å². The highest BCUT2D eigenvalue weighted by Gasteiger charge is 2.22. The van der Waals surface area contributed by atoms with E-state index in [1.54, 1.807) is 38.5 Å². The van der Waals surface area contributed by atoms with E-state index in [0.717, 1.165) is 17.1 Å². The van der Waals surface area contributed by atoms with Crippen LogP contribution in [0.2, 0.25) is 0 Å². The van der Waals surface area contributed by atoms with Crippen molar-refractivity contribution in [2.45, 2.75) is 29.7 Å². The molecule has 2 aromatic carbocycles. The Hall–Kier alpha value is -2.56. The zero-order chi connectivity index (χ0) is 22.4. The van der Waals surface area contributed by atoms with Gasteiger partial charge in [-0.05, 0) is 36.4 Å². The quantitative estimate of drug-likeness (QED) is 0.415. The molecule has 166 valence electrons. The van der Waals surface area contributed by atoms with Crippen molar-refractivity contribution >= 4 is 21.8 Å². The SMILES string of the molecule is CCN(CC)S(=O)(=O)c1cccc(-c2nnc(SCc3cc(OC)ccc3OC)o2)c1. The maximum Gasteiger partial charge on any atom is 0.277 e. The molecule has 1 heterocycles. The van der Waals surface area contributed by atoms with E-state index in [4.69, 9.17) is 13.9 Å². The molecule has 3 rings (SSSR count). The van der Waals surface area contributed by atoms with Gasteiger partial charge in [0, 0.05) is 30.0 Å². The van der Waals surface area contributed by atoms with Crippen LogP contribution in [0.5, 0.6) is 11.5 Å². The van der Waals surface area contributed by atoms with Gasteiger partial charge in [-0.1, -0.05) is 31.7 Å². The highest BCUT2D eigenvalue weighted by Crippen LogP contribution is 2.32. The summed E-state index contributed by atoms with van der Waals surface area (Å²) in [5.74, 6) is 2.27. The molecule has 10 heteroatoms. The molecular weight excluding hydrogens is 438 g/mol. The minimum atomic E-state index is -3.57. The first-order valence-corrected chi connectivity index (χ1v) is 12.1. The second-order valence-corrected chi connectivity index (χ2v) is 9.32. The number of sulfonamides is 1. The molecule has 0 aliphatic rings. The summed E-state index contributed by atoms with van der Waals surface area (Å²) >= 11 is 1.36. The summed E-state index contributed by atoms with van der Waals surface area (Å²) in [5.41, 5.74) is 1.48. The van der Waals surface area contributed by atoms with Crippen LogP contribution in [0.3, 0.4) is 0 Å². The van der Waals surface area contributed by atoms with E-state index in [2.05, 4.69) is 10.2 Å². The number of benzene rings is 2. The zero-order valence-electron chi connectivity index (χ0n) is 17.9. The van der Waals surface area contributed by atoms with E-state index in [1.807, 2.05) is 32.0 Å². The fourth-order valence-corrected chi connectivity index (χ4v) is 5.27. The Labute approximate surface area is 186 Å². The Balaban J connectivity index is 1.79. The highest BCUT2D eigenvalue weighted by atomic mass is 32.2. The number of nitrogens with zero attached hydrogens (tertiary/aromatic N) is 3. The van der Waals surface area contributed by atoms with E-state index in [9.17, 15) is 8.42 Å². The summed E-state index contributed by atoms with van der Waals surface area (Å²) in [5, 5.41) is 8.53. The lowest BCUT2D eigenvalue weighted by Crippen LogP contribution is -2.30. The monoisotopic (exact) mass is 463 g/mol. The number of hydrogen-bond donors (Lipinski definition) is 0. The van der Waals surface area contributed by atoms with Crippen LogP contribution in [0, 0.1) is 0 Å². The number of thioether (sulfide) groups is 1. The topological polar surface area (TPSA) is 94.8 Å². The highest BCUT2D eigenvalue weighted by molar-refractivity contribution is 7.98. The standard InChI is InChI=1S/C21H25N3O5S2/c1-5-24(6-2)31(25,26)18-9-7-8-15(13-18)20-22-23-21(29-20)30-14-16-12-17(27-3)10-11-19(16)28-4/h7-13H,5-6,14H2,1-4H3. The van der Waals surface area contributed by atoms with Crippen molar-refractivity contribution in [3.05, 3.63) is 48.0 Å². The molecule has 0 aliphatic heterocycles. The predicted molar refractivity (Wildman–Crippen MR) is 119 cm³/mol. The summed E-state index contributed by atoms with van der Waals surface area (Å²) in [6.07, 6.45) is 0. The van der Waals surface area contributed by atoms with Crippen LogP contribution in [0.25, 0.3) is 11.5 Å². The summed E-state index contributed by atoms with van der Waals surface area (Å²) < 4.78 is 43.4. The lowest BCUT2D eigenvalue weighted by atomic mass is 10.2. The first-order valence-electron chi connectivity index (χ1n) is 9.70. The molecule has 0 amide bonds. The van der Waals surface area contributed by atoms with Gasteiger partial charge < -0.3 is 13.9 Å². The van der Waals surface area contributed by atoms with E-state index < -0.39 is 10.0 Å². The predicted octanol–water partition coefficient (Wildman–Crippen LogP) is 4.08. The first kappa shape index (κ1) is 23.1. The fourth-order valence-electron chi connectivity index (χ4n) is 3.02. The second-order valence-electron chi connectivity index (χ2n) is 6.46. The van der Waals surface area contributed by atoms with Gasteiger partial charge in [0.15, 0.2) is 0 Å². The smallest absolute Gasteiger partial charge is 0.277 e. The molecule has 3 aromatic rings. The number of ether oxygens (including phenoxy) is 2. The van der Waals surface area contributed by atoms with Crippen molar-refractivity contribution in [3.8, 4) is 23.0 Å². The molecular formula is C21H25N3O5S2. The van der Waals surface area contributed by atoms with Gasteiger partial charge in [0.05, 0.1) is 19.1 Å². The van der Waals surface area contributed by atoms with Gasteiger partial charge in [-0.3, -0.25) is 0 Å². The van der Waals surface area contributed by atoms with Gasteiger partial charge in [0.2, 0.25) is 15.9 Å². The molecule has 0 unspecified atom stereocenters. The molecule has 0 N–H and O–H groups in total. The summed E-state index contributed by atoms with van der Waals surface area (Å²) in [4.78, 5) is 0.197. The normalized spacial score (nSPS) is 11.6. The lowest BCUT2D eigenvalue weighted by molar-refractivity contribution is 0.400. The maximum atomic E-state index is 12.8. The molecule has 0 atom stereocenters. The van der Waals surface area contributed by atoms with E-state index in [1.165, 1.54) is 16.1 Å². The number of rotatable bonds is 10. The second kappa shape index (κ2) is 10.2. The van der Waals surface area contributed by atoms with Crippen LogP contribution >= 0.6 is 11.8 Å². The summed E-state index contributed by atoms with van der Waals surface area (Å²) in [6.45, 7) is 4.42. The average molecular weight is 464 g/mol. The third-order valence-electron chi connectivity index (χ3n) is 4.67. The van der Waals surface area contributed by atoms with Gasteiger partial charge in [-0.15, -0.1) is 10.2 Å². The number of methoxy groups -OCH3 is 2. The Kier molecular flexibility index (Phi) is 7.58. The number of aromatic nitrogens is 2. The van der Waals surface area contributed by atoms with Gasteiger partial charge >= 0.3 is 0 Å². The third-order valence-corrected chi connectivity index (χ3v) is 7.58. The molecule has 0 radical (unpaired) electrons. The Morgan fingerprint density at radius 2 is 1.81 bits per heavy atom. The van der Waals surface area contributed by atoms with E-state index >= 15 is 0 Å². The molecule has 0 aliphatic carbocycles. The van der Waals surface area contributed by atoms with Crippen molar-refractivity contribution in [3.63, 3.8) is 0 Å². The molecule has 0 saturated heterocycles. The van der Waals surface area contributed by atoms with Gasteiger partial charge in [0.25, 0.3) is 5.22 Å². The Morgan fingerprint density at radius 1 is 1.03 bits per heavy atom. The Morgan fingerprint density at radius 3 is 2.48 bits per heavy atom. The molecule has 31 heavy (non-hydrogen) atoms. The van der Waals surface area contributed by atoms with Crippen LogP contribution in [-0.2, 0) is 15.8 Å². The Bertz CT molecular complexity index is 1130. The van der Waals surface area contributed by atoms with Crippen LogP contribution < -0.4 is 9.47 Å². The summed E-state index contributed by atoms with van der Waals surface area (Å²) in [6, 6.07) is 12.1. The molecule has 0 saturated carbocycles. The van der Waals surface area contributed by atoms with Gasteiger partial charge in [-0.25, -0.2) is 8.42 Å². The average Bonchev–Trinajstić information content (AvgIpc) is 3.27. The third kappa shape index (κ3) is 5.20. The summed E-state index contributed by atoms with van der Waals surface area (Å²) in [7, 11) is -0.353. The zero-order valence-corrected chi connectivity index (χ0v) is 19.5. The van der Waals surface area contributed by atoms with Crippen molar-refractivity contribution in [1.82, 2.24) is 14.5 Å². The molecule has 8 nitrogen and oxygen atoms in total. The lowest BCUT2D eigenvalue weighted by Gasteiger charge is -2.18. The van der Waals surface area contributed by atoms with E-state index in [-0.39, 0.29) is 10.8 Å². The van der Waals surface area contributed by atoms with Crippen molar-refractivity contribution in [1.29, 1.82) is 0 Å². The van der Waals surface area contributed by atoms with Crippen molar-refractivity contribution in [2.75, 3.05) is 27.3 Å². The molecule has 0 spiro atoms. The van der Waals surface area contributed by atoms with Crippen LogP contribution in [0.1, 0.15) is 19.4 Å². The molecule has 1 aromatic heterocycles. The van der Waals surface area contributed by atoms with Gasteiger partial charge in [0.1, 0.15) is 11.5 Å². The minimum Gasteiger partial charge on any atom is -0.497 e. The van der Waals surface area contributed by atoms with Crippen LogP contribution in [-0.4, -0.2) is 50.2 Å². The van der Waals surface area contributed by atoms with Crippen molar-refractivity contribution < 1.29 is 22.3 Å². The largest absolute Gasteiger partial charge is 0.497 e. The minimum absolute atomic E-state index is 0.197. The number of hydrogen-bond acceptors (Lipinski definition) is 8. The first-order chi connectivity index (χ1) is 14.9. The molecule has 0 fully saturated rings. The van der Waals surface area contributed by atoms with Gasteiger partial charge in [-0.2, -0.15) is 4.31 Å².